The maximum absolute atomic E-state index is 11.7. The standard InChI is InChI=1S/C12H14O4/c13-11(9-5-2-1-3-6-9)16-10-7-4-8-15-12(10)14/h1-3,5-6,10,12,14H,4,7-8H2. The van der Waals surface area contributed by atoms with Gasteiger partial charge < -0.3 is 14.6 Å². The molecule has 86 valence electrons. The van der Waals surface area contributed by atoms with Gasteiger partial charge in [0.1, 0.15) is 0 Å². The number of rotatable bonds is 2. The van der Waals surface area contributed by atoms with Crippen LogP contribution in [0.25, 0.3) is 0 Å². The average molecular weight is 222 g/mol. The highest BCUT2D eigenvalue weighted by Crippen LogP contribution is 2.17. The molecule has 1 aliphatic heterocycles. The molecule has 0 aromatic heterocycles. The van der Waals surface area contributed by atoms with Crippen molar-refractivity contribution in [3.63, 3.8) is 0 Å². The molecule has 1 heterocycles. The fourth-order valence-corrected chi connectivity index (χ4v) is 1.64. The molecule has 4 nitrogen and oxygen atoms in total. The van der Waals surface area contributed by atoms with Crippen LogP contribution in [0, 0.1) is 0 Å². The molecule has 0 amide bonds. The van der Waals surface area contributed by atoms with Gasteiger partial charge in [-0.25, -0.2) is 4.79 Å². The first-order valence-corrected chi connectivity index (χ1v) is 5.33. The summed E-state index contributed by atoms with van der Waals surface area (Å²) >= 11 is 0. The maximum Gasteiger partial charge on any atom is 0.338 e. The van der Waals surface area contributed by atoms with Gasteiger partial charge >= 0.3 is 5.97 Å². The summed E-state index contributed by atoms with van der Waals surface area (Å²) in [7, 11) is 0. The highest BCUT2D eigenvalue weighted by molar-refractivity contribution is 5.89. The minimum Gasteiger partial charge on any atom is -0.453 e. The van der Waals surface area contributed by atoms with Crippen LogP contribution in [0.15, 0.2) is 30.3 Å². The highest BCUT2D eigenvalue weighted by Gasteiger charge is 2.27. The van der Waals surface area contributed by atoms with Gasteiger partial charge in [0.05, 0.1) is 12.2 Å². The van der Waals surface area contributed by atoms with Crippen LogP contribution >= 0.6 is 0 Å². The normalized spacial score (nSPS) is 25.1. The van der Waals surface area contributed by atoms with Gasteiger partial charge in [-0.3, -0.25) is 0 Å². The van der Waals surface area contributed by atoms with Gasteiger partial charge in [0.15, 0.2) is 12.4 Å². The Balaban J connectivity index is 1.96. The number of ether oxygens (including phenoxy) is 2. The van der Waals surface area contributed by atoms with Gasteiger partial charge in [-0.15, -0.1) is 0 Å². The maximum atomic E-state index is 11.7. The van der Waals surface area contributed by atoms with Crippen molar-refractivity contribution in [2.24, 2.45) is 0 Å². The van der Waals surface area contributed by atoms with Crippen LogP contribution in [0.5, 0.6) is 0 Å². The van der Waals surface area contributed by atoms with Crippen molar-refractivity contribution in [1.82, 2.24) is 0 Å². The smallest absolute Gasteiger partial charge is 0.338 e. The molecular weight excluding hydrogens is 208 g/mol. The largest absolute Gasteiger partial charge is 0.453 e. The zero-order valence-corrected chi connectivity index (χ0v) is 8.83. The number of hydrogen-bond acceptors (Lipinski definition) is 4. The molecule has 0 bridgehead atoms. The predicted molar refractivity (Wildman–Crippen MR) is 56.8 cm³/mol. The monoisotopic (exact) mass is 222 g/mol. The van der Waals surface area contributed by atoms with Crippen molar-refractivity contribution in [1.29, 1.82) is 0 Å². The fraction of sp³-hybridized carbons (Fsp3) is 0.417. The lowest BCUT2D eigenvalue weighted by Crippen LogP contribution is -2.37. The quantitative estimate of drug-likeness (QED) is 0.767. The van der Waals surface area contributed by atoms with Gasteiger partial charge in [0, 0.05) is 0 Å². The third-order valence-corrected chi connectivity index (χ3v) is 2.51. The summed E-state index contributed by atoms with van der Waals surface area (Å²) in [6, 6.07) is 8.72. The van der Waals surface area contributed by atoms with E-state index in [2.05, 4.69) is 0 Å². The summed E-state index contributed by atoms with van der Waals surface area (Å²) < 4.78 is 10.2. The molecule has 0 spiro atoms. The van der Waals surface area contributed by atoms with E-state index in [0.29, 0.717) is 18.6 Å². The number of carbonyl (C=O) groups is 1. The van der Waals surface area contributed by atoms with E-state index < -0.39 is 18.4 Å². The number of esters is 1. The molecule has 1 aromatic carbocycles. The van der Waals surface area contributed by atoms with E-state index in [4.69, 9.17) is 9.47 Å². The Morgan fingerprint density at radius 1 is 1.38 bits per heavy atom. The molecule has 1 saturated heterocycles. The second-order valence-corrected chi connectivity index (χ2v) is 3.71. The van der Waals surface area contributed by atoms with Crippen molar-refractivity contribution < 1.29 is 19.4 Å². The summed E-state index contributed by atoms with van der Waals surface area (Å²) in [6.07, 6.45) is -0.119. The number of benzene rings is 1. The lowest BCUT2D eigenvalue weighted by Gasteiger charge is -2.27. The van der Waals surface area contributed by atoms with E-state index in [-0.39, 0.29) is 0 Å². The van der Waals surface area contributed by atoms with Crippen molar-refractivity contribution in [2.75, 3.05) is 6.61 Å². The molecule has 1 fully saturated rings. The van der Waals surface area contributed by atoms with Crippen molar-refractivity contribution in [2.45, 2.75) is 25.2 Å². The Bertz CT molecular complexity index is 349. The zero-order chi connectivity index (χ0) is 11.4. The van der Waals surface area contributed by atoms with Crippen LogP contribution in [-0.2, 0) is 9.47 Å². The van der Waals surface area contributed by atoms with Gasteiger partial charge in [-0.05, 0) is 25.0 Å². The second kappa shape index (κ2) is 5.09. The Labute approximate surface area is 93.8 Å². The first-order valence-electron chi connectivity index (χ1n) is 5.33. The van der Waals surface area contributed by atoms with E-state index >= 15 is 0 Å². The van der Waals surface area contributed by atoms with Crippen molar-refractivity contribution in [3.8, 4) is 0 Å². The number of carbonyl (C=O) groups excluding carboxylic acids is 1. The van der Waals surface area contributed by atoms with Crippen LogP contribution in [0.2, 0.25) is 0 Å². The predicted octanol–water partition coefficient (Wildman–Crippen LogP) is 1.34. The van der Waals surface area contributed by atoms with Crippen LogP contribution in [-0.4, -0.2) is 30.1 Å². The third kappa shape index (κ3) is 2.59. The van der Waals surface area contributed by atoms with Crippen LogP contribution < -0.4 is 0 Å². The number of aliphatic hydroxyl groups excluding tert-OH is 1. The van der Waals surface area contributed by atoms with Crippen LogP contribution in [0.3, 0.4) is 0 Å². The molecule has 1 aromatic rings. The van der Waals surface area contributed by atoms with Crippen LogP contribution in [0.4, 0.5) is 0 Å². The lowest BCUT2D eigenvalue weighted by atomic mass is 10.1. The second-order valence-electron chi connectivity index (χ2n) is 3.71. The van der Waals surface area contributed by atoms with Crippen molar-refractivity contribution >= 4 is 5.97 Å². The summed E-state index contributed by atoms with van der Waals surface area (Å²) in [6.45, 7) is 0.514. The first kappa shape index (κ1) is 11.1. The van der Waals surface area contributed by atoms with E-state index in [1.54, 1.807) is 24.3 Å². The summed E-state index contributed by atoms with van der Waals surface area (Å²) in [5, 5.41) is 9.47. The van der Waals surface area contributed by atoms with Gasteiger partial charge in [0.2, 0.25) is 0 Å². The highest BCUT2D eigenvalue weighted by atomic mass is 16.6. The molecule has 16 heavy (non-hydrogen) atoms. The van der Waals surface area contributed by atoms with E-state index in [0.717, 1.165) is 6.42 Å². The molecule has 1 N–H and O–H groups in total. The van der Waals surface area contributed by atoms with Gasteiger partial charge in [-0.2, -0.15) is 0 Å². The van der Waals surface area contributed by atoms with Gasteiger partial charge in [0.25, 0.3) is 0 Å². The Morgan fingerprint density at radius 3 is 2.81 bits per heavy atom. The molecule has 0 aliphatic carbocycles. The number of hydrogen-bond donors (Lipinski definition) is 1. The molecular formula is C12H14O4. The minimum atomic E-state index is -0.999. The van der Waals surface area contributed by atoms with Crippen molar-refractivity contribution in [3.05, 3.63) is 35.9 Å². The SMILES string of the molecule is O=C(OC1CCCOC1O)c1ccccc1. The molecule has 2 rings (SSSR count). The third-order valence-electron chi connectivity index (χ3n) is 2.51. The fourth-order valence-electron chi connectivity index (χ4n) is 1.64. The summed E-state index contributed by atoms with van der Waals surface area (Å²) in [5.74, 6) is -0.421. The summed E-state index contributed by atoms with van der Waals surface area (Å²) in [5.41, 5.74) is 0.486. The molecule has 2 atom stereocenters. The molecule has 4 heteroatoms. The molecule has 1 aliphatic rings. The molecule has 2 unspecified atom stereocenters. The van der Waals surface area contributed by atoms with Crippen LogP contribution in [0.1, 0.15) is 23.2 Å². The van der Waals surface area contributed by atoms with E-state index in [1.807, 2.05) is 6.07 Å². The molecule has 0 saturated carbocycles. The molecule has 0 radical (unpaired) electrons. The average Bonchev–Trinajstić information content (AvgIpc) is 2.33. The van der Waals surface area contributed by atoms with E-state index in [9.17, 15) is 9.90 Å². The zero-order valence-electron chi connectivity index (χ0n) is 8.83. The Morgan fingerprint density at radius 2 is 2.12 bits per heavy atom. The minimum absolute atomic E-state index is 0.421. The lowest BCUT2D eigenvalue weighted by molar-refractivity contribution is -0.186. The summed E-state index contributed by atoms with van der Waals surface area (Å²) in [4.78, 5) is 11.7. The van der Waals surface area contributed by atoms with Gasteiger partial charge in [-0.1, -0.05) is 18.2 Å². The number of aliphatic hydroxyl groups is 1. The van der Waals surface area contributed by atoms with E-state index in [1.165, 1.54) is 0 Å². The Hall–Kier alpha value is -1.39. The first-order chi connectivity index (χ1) is 7.77. The Kier molecular flexibility index (Phi) is 3.54. The topological polar surface area (TPSA) is 55.8 Å².